The molecule has 0 radical (unpaired) electrons. The number of unbranched alkanes of at least 4 members (excludes halogenated alkanes) is 12. The molecule has 1 aromatic carbocycles. The van der Waals surface area contributed by atoms with Gasteiger partial charge in [0.15, 0.2) is 0 Å². The quantitative estimate of drug-likeness (QED) is 0.108. The summed E-state index contributed by atoms with van der Waals surface area (Å²) in [5.41, 5.74) is 0. The van der Waals surface area contributed by atoms with Gasteiger partial charge in [-0.1, -0.05) is 84.0 Å². The molecule has 0 aliphatic heterocycles. The first kappa shape index (κ1) is 25.6. The second-order valence-corrected chi connectivity index (χ2v) is 11.1. The van der Waals surface area contributed by atoms with Gasteiger partial charge in [0.1, 0.15) is 4.90 Å². The molecular weight excluding hydrogens is 586 g/mol. The van der Waals surface area contributed by atoms with Gasteiger partial charge in [0.25, 0.3) is 10.1 Å². The molecule has 0 fully saturated rings. The highest BCUT2D eigenvalue weighted by atomic mass is 127. The summed E-state index contributed by atoms with van der Waals surface area (Å²) in [5.74, 6) is 0. The number of hydrogen-bond acceptors (Lipinski definition) is 3. The van der Waals surface area contributed by atoms with Gasteiger partial charge < -0.3 is 0 Å². The van der Waals surface area contributed by atoms with Crippen LogP contribution in [0.4, 0.5) is 0 Å². The Bertz CT molecular complexity index is 618. The summed E-state index contributed by atoms with van der Waals surface area (Å²) in [6.07, 6.45) is 16.5. The number of rotatable bonds is 16. The topological polar surface area (TPSA) is 43.4 Å². The van der Waals surface area contributed by atoms with Crippen LogP contribution in [0.5, 0.6) is 0 Å². The highest BCUT2D eigenvalue weighted by Crippen LogP contribution is 2.23. The molecule has 0 bridgehead atoms. The highest BCUT2D eigenvalue weighted by molar-refractivity contribution is 14.1. The monoisotopic (exact) mass is 620 g/mol. The zero-order valence-corrected chi connectivity index (χ0v) is 21.7. The van der Waals surface area contributed by atoms with Crippen LogP contribution in [-0.4, -0.2) is 15.0 Å². The largest absolute Gasteiger partial charge is 0.298 e. The van der Waals surface area contributed by atoms with Gasteiger partial charge in [-0.25, -0.2) is 0 Å². The molecule has 0 spiro atoms. The van der Waals surface area contributed by atoms with Crippen molar-refractivity contribution >= 4 is 55.3 Å². The number of halogens is 2. The molecule has 0 aliphatic rings. The lowest BCUT2D eigenvalue weighted by molar-refractivity contribution is 0.306. The van der Waals surface area contributed by atoms with Crippen LogP contribution in [0.3, 0.4) is 0 Å². The van der Waals surface area contributed by atoms with Crippen molar-refractivity contribution in [2.24, 2.45) is 0 Å². The van der Waals surface area contributed by atoms with Crippen LogP contribution in [0.25, 0.3) is 0 Å². The maximum absolute atomic E-state index is 12.3. The molecule has 0 aliphatic carbocycles. The predicted octanol–water partition coefficient (Wildman–Crippen LogP) is 7.69. The van der Waals surface area contributed by atoms with Gasteiger partial charge in [0.05, 0.1) is 6.61 Å². The van der Waals surface area contributed by atoms with Crippen LogP contribution in [0.15, 0.2) is 23.1 Å². The fraction of sp³-hybridized carbons (Fsp3) is 0.714. The van der Waals surface area contributed by atoms with Gasteiger partial charge in [0.2, 0.25) is 0 Å². The van der Waals surface area contributed by atoms with E-state index in [0.29, 0.717) is 3.57 Å². The van der Waals surface area contributed by atoms with Gasteiger partial charge in [-0.2, -0.15) is 8.42 Å². The second-order valence-electron chi connectivity index (χ2n) is 7.09. The van der Waals surface area contributed by atoms with Crippen LogP contribution in [-0.2, 0) is 14.3 Å². The molecular formula is C21H34I2O3S. The molecule has 0 heterocycles. The first-order valence-corrected chi connectivity index (χ1v) is 13.9. The maximum Gasteiger partial charge on any atom is 0.298 e. The SMILES string of the molecule is CCCCCCCCCCCCCCCOS(=O)(=O)c1cc(I)ccc1I. The van der Waals surface area contributed by atoms with Crippen molar-refractivity contribution in [1.82, 2.24) is 0 Å². The highest BCUT2D eigenvalue weighted by Gasteiger charge is 2.18. The average Bonchev–Trinajstić information content (AvgIpc) is 2.64. The zero-order chi connectivity index (χ0) is 20.0. The van der Waals surface area contributed by atoms with E-state index in [9.17, 15) is 8.42 Å². The lowest BCUT2D eigenvalue weighted by atomic mass is 10.0. The van der Waals surface area contributed by atoms with Gasteiger partial charge in [-0.15, -0.1) is 0 Å². The zero-order valence-electron chi connectivity index (χ0n) is 16.5. The third kappa shape index (κ3) is 12.0. The molecule has 0 saturated heterocycles. The van der Waals surface area contributed by atoms with Crippen LogP contribution in [0.1, 0.15) is 90.4 Å². The van der Waals surface area contributed by atoms with Gasteiger partial charge >= 0.3 is 0 Å². The molecule has 3 nitrogen and oxygen atoms in total. The minimum Gasteiger partial charge on any atom is -0.266 e. The molecule has 0 unspecified atom stereocenters. The Morgan fingerprint density at radius 3 is 1.78 bits per heavy atom. The standard InChI is InChI=1S/C21H34I2O3S/c1-2-3-4-5-6-7-8-9-10-11-12-13-14-17-26-27(24,25)21-18-19(22)15-16-20(21)23/h15-16,18H,2-14,17H2,1H3. The molecule has 0 saturated carbocycles. The van der Waals surface area contributed by atoms with Crippen LogP contribution in [0, 0.1) is 7.14 Å². The Balaban J connectivity index is 2.02. The van der Waals surface area contributed by atoms with Gasteiger partial charge in [-0.05, 0) is 69.8 Å². The molecule has 1 aromatic rings. The van der Waals surface area contributed by atoms with Crippen molar-refractivity contribution in [3.8, 4) is 0 Å². The normalized spacial score (nSPS) is 11.8. The molecule has 0 atom stereocenters. The van der Waals surface area contributed by atoms with Crippen molar-refractivity contribution in [2.45, 2.75) is 95.3 Å². The van der Waals surface area contributed by atoms with Crippen molar-refractivity contribution in [3.63, 3.8) is 0 Å². The number of benzene rings is 1. The first-order chi connectivity index (χ1) is 13.0. The van der Waals surface area contributed by atoms with E-state index in [4.69, 9.17) is 4.18 Å². The Hall–Kier alpha value is 0.590. The molecule has 0 aromatic heterocycles. The van der Waals surface area contributed by atoms with Crippen LogP contribution >= 0.6 is 45.2 Å². The van der Waals surface area contributed by atoms with E-state index in [1.807, 2.05) is 34.7 Å². The first-order valence-electron chi connectivity index (χ1n) is 10.3. The second kappa shape index (κ2) is 15.4. The third-order valence-electron chi connectivity index (χ3n) is 4.65. The lowest BCUT2D eigenvalue weighted by Gasteiger charge is -2.08. The summed E-state index contributed by atoms with van der Waals surface area (Å²) in [5, 5.41) is 0. The minimum absolute atomic E-state index is 0.279. The van der Waals surface area contributed by atoms with E-state index in [-0.39, 0.29) is 11.5 Å². The molecule has 156 valence electrons. The van der Waals surface area contributed by atoms with Crippen LogP contribution < -0.4 is 0 Å². The van der Waals surface area contributed by atoms with E-state index < -0.39 is 10.1 Å². The summed E-state index contributed by atoms with van der Waals surface area (Å²) in [6.45, 7) is 2.54. The Labute approximate surface area is 193 Å². The minimum atomic E-state index is -3.64. The van der Waals surface area contributed by atoms with E-state index in [2.05, 4.69) is 29.5 Å². The fourth-order valence-electron chi connectivity index (χ4n) is 3.02. The smallest absolute Gasteiger partial charge is 0.266 e. The summed E-state index contributed by atoms with van der Waals surface area (Å²) < 4.78 is 31.4. The summed E-state index contributed by atoms with van der Waals surface area (Å²) in [6, 6.07) is 5.37. The summed E-state index contributed by atoms with van der Waals surface area (Å²) in [4.78, 5) is 0.282. The van der Waals surface area contributed by atoms with Gasteiger partial charge in [-0.3, -0.25) is 4.18 Å². The predicted molar refractivity (Wildman–Crippen MR) is 131 cm³/mol. The average molecular weight is 620 g/mol. The van der Waals surface area contributed by atoms with Crippen molar-refractivity contribution in [3.05, 3.63) is 25.3 Å². The Morgan fingerprint density at radius 2 is 1.26 bits per heavy atom. The molecule has 0 amide bonds. The number of hydrogen-bond donors (Lipinski definition) is 0. The van der Waals surface area contributed by atoms with Crippen LogP contribution in [0.2, 0.25) is 0 Å². The van der Waals surface area contributed by atoms with E-state index in [1.54, 1.807) is 6.07 Å². The molecule has 6 heteroatoms. The molecule has 0 N–H and O–H groups in total. The van der Waals surface area contributed by atoms with E-state index in [0.717, 1.165) is 16.4 Å². The van der Waals surface area contributed by atoms with Crippen molar-refractivity contribution in [2.75, 3.05) is 6.61 Å². The van der Waals surface area contributed by atoms with E-state index >= 15 is 0 Å². The summed E-state index contributed by atoms with van der Waals surface area (Å²) >= 11 is 4.16. The van der Waals surface area contributed by atoms with Crippen molar-refractivity contribution in [1.29, 1.82) is 0 Å². The lowest BCUT2D eigenvalue weighted by Crippen LogP contribution is -2.09. The Kier molecular flexibility index (Phi) is 14.6. The Morgan fingerprint density at radius 1 is 0.778 bits per heavy atom. The maximum atomic E-state index is 12.3. The van der Waals surface area contributed by atoms with Gasteiger partial charge in [0, 0.05) is 7.14 Å². The van der Waals surface area contributed by atoms with Crippen molar-refractivity contribution < 1.29 is 12.6 Å². The summed E-state index contributed by atoms with van der Waals surface area (Å²) in [7, 11) is -3.64. The molecule has 1 rings (SSSR count). The fourth-order valence-corrected chi connectivity index (χ4v) is 5.91. The molecule has 27 heavy (non-hydrogen) atoms. The van der Waals surface area contributed by atoms with E-state index in [1.165, 1.54) is 70.6 Å². The third-order valence-corrected chi connectivity index (χ3v) is 7.98.